The molecule has 7 fully saturated rings. The summed E-state index contributed by atoms with van der Waals surface area (Å²) in [5.74, 6) is 0.957. The Morgan fingerprint density at radius 1 is 0.702 bits per heavy atom. The fraction of sp³-hybridized carbons (Fsp3) is 0.975. The lowest BCUT2D eigenvalue weighted by Crippen LogP contribution is -2.65. The second-order valence-corrected chi connectivity index (χ2v) is 18.7. The van der Waals surface area contributed by atoms with E-state index in [-0.39, 0.29) is 34.6 Å². The van der Waals surface area contributed by atoms with Gasteiger partial charge in [-0.1, -0.05) is 13.8 Å². The molecule has 0 amide bonds. The van der Waals surface area contributed by atoms with Crippen molar-refractivity contribution in [2.45, 2.75) is 189 Å². The van der Waals surface area contributed by atoms with Crippen LogP contribution in [0.5, 0.6) is 0 Å². The minimum atomic E-state index is -1.77. The highest BCUT2D eigenvalue weighted by atomic mass is 16.8. The lowest BCUT2D eigenvalue weighted by Gasteiger charge is -2.63. The number of aliphatic hydroxyl groups excluding tert-OH is 8. The number of methoxy groups -OCH3 is 1. The third-order valence-corrected chi connectivity index (χ3v) is 15.9. The molecule has 0 spiro atoms. The molecule has 23 unspecified atom stereocenters. The normalized spacial score (nSPS) is 55.4. The molecule has 0 aromatic rings. The highest BCUT2D eigenvalue weighted by molar-refractivity contribution is 5.80. The van der Waals surface area contributed by atoms with E-state index in [2.05, 4.69) is 13.8 Å². The highest BCUT2D eigenvalue weighted by Gasteiger charge is 2.68. The van der Waals surface area contributed by atoms with Gasteiger partial charge in [-0.15, -0.1) is 0 Å². The minimum Gasteiger partial charge on any atom is -0.394 e. The van der Waals surface area contributed by atoms with Crippen molar-refractivity contribution in [1.29, 1.82) is 0 Å². The van der Waals surface area contributed by atoms with Gasteiger partial charge in [-0.25, -0.2) is 0 Å². The zero-order valence-electron chi connectivity index (χ0n) is 33.6. The van der Waals surface area contributed by atoms with Gasteiger partial charge >= 0.3 is 0 Å². The van der Waals surface area contributed by atoms with E-state index in [1.807, 2.05) is 0 Å². The predicted octanol–water partition coefficient (Wildman–Crippen LogP) is -1.14. The van der Waals surface area contributed by atoms with Crippen LogP contribution in [-0.4, -0.2) is 176 Å². The van der Waals surface area contributed by atoms with Crippen molar-refractivity contribution in [1.82, 2.24) is 0 Å². The maximum Gasteiger partial charge on any atom is 0.187 e. The van der Waals surface area contributed by atoms with Crippen molar-refractivity contribution in [3.8, 4) is 0 Å². The van der Waals surface area contributed by atoms with Crippen LogP contribution in [0, 0.1) is 34.5 Å². The minimum absolute atomic E-state index is 0.0121. The third-order valence-electron chi connectivity index (χ3n) is 15.9. The van der Waals surface area contributed by atoms with Crippen LogP contribution in [0.15, 0.2) is 0 Å². The van der Waals surface area contributed by atoms with E-state index >= 15 is 0 Å². The smallest absolute Gasteiger partial charge is 0.187 e. The fourth-order valence-electron chi connectivity index (χ4n) is 12.4. The number of ketones is 1. The number of carbonyl (C=O) groups excluding carboxylic acids is 1. The Kier molecular flexibility index (Phi) is 12.9. The number of carbonyl (C=O) groups is 1. The zero-order chi connectivity index (χ0) is 41.4. The topological polar surface area (TPSA) is 264 Å². The van der Waals surface area contributed by atoms with E-state index in [4.69, 9.17) is 33.2 Å². The average Bonchev–Trinajstić information content (AvgIpc) is 3.47. The van der Waals surface area contributed by atoms with Gasteiger partial charge in [-0.05, 0) is 94.8 Å². The first kappa shape index (κ1) is 44.1. The molecule has 4 aliphatic carbocycles. The van der Waals surface area contributed by atoms with Crippen LogP contribution in [0.1, 0.15) is 85.5 Å². The van der Waals surface area contributed by atoms with Crippen molar-refractivity contribution >= 4 is 5.78 Å². The molecular weight excluding hydrogens is 752 g/mol. The Balaban J connectivity index is 0.958. The average molecular weight is 819 g/mol. The maximum atomic E-state index is 12.6. The molecule has 0 aromatic heterocycles. The summed E-state index contributed by atoms with van der Waals surface area (Å²) in [5.41, 5.74) is -1.21. The van der Waals surface area contributed by atoms with E-state index in [0.717, 1.165) is 51.4 Å². The molecule has 7 rings (SSSR count). The van der Waals surface area contributed by atoms with Crippen molar-refractivity contribution in [3.05, 3.63) is 0 Å². The summed E-state index contributed by atoms with van der Waals surface area (Å²) in [4.78, 5) is 12.6. The first-order chi connectivity index (χ1) is 26.9. The summed E-state index contributed by atoms with van der Waals surface area (Å²) in [6.07, 6.45) is -13.7. The SMILES string of the molecule is COC1C(O)C(OC2CCC3(C)C(CCC4C3CCC3(C)C(C(C)=O)CCC43O)C2)OC(C)C1OC1OC(COC2OC(CO)C(O)C(O)C2O)C(O)C(O)C1O. The van der Waals surface area contributed by atoms with Crippen LogP contribution in [0.25, 0.3) is 0 Å². The third kappa shape index (κ3) is 7.46. The number of ether oxygens (including phenoxy) is 7. The van der Waals surface area contributed by atoms with Gasteiger partial charge in [0.1, 0.15) is 72.9 Å². The molecule has 23 atom stereocenters. The van der Waals surface area contributed by atoms with Gasteiger partial charge in [0.2, 0.25) is 0 Å². The lowest BCUT2D eigenvalue weighted by atomic mass is 9.43. The number of hydrogen-bond acceptors (Lipinski definition) is 17. The lowest BCUT2D eigenvalue weighted by molar-refractivity contribution is -0.367. The maximum absolute atomic E-state index is 12.6. The van der Waals surface area contributed by atoms with Gasteiger partial charge in [0.25, 0.3) is 0 Å². The van der Waals surface area contributed by atoms with Crippen molar-refractivity contribution in [2.75, 3.05) is 20.3 Å². The second-order valence-electron chi connectivity index (χ2n) is 18.7. The summed E-state index contributed by atoms with van der Waals surface area (Å²) >= 11 is 0. The molecule has 0 bridgehead atoms. The number of Topliss-reactive ketones (excluding diaryl/α,β-unsaturated/α-hetero) is 1. The van der Waals surface area contributed by atoms with Crippen LogP contribution in [0.2, 0.25) is 0 Å². The molecule has 17 nitrogen and oxygen atoms in total. The number of fused-ring (bicyclic) bond motifs is 5. The van der Waals surface area contributed by atoms with Crippen LogP contribution in [0.4, 0.5) is 0 Å². The van der Waals surface area contributed by atoms with Gasteiger partial charge in [0.15, 0.2) is 18.9 Å². The Morgan fingerprint density at radius 2 is 1.35 bits per heavy atom. The summed E-state index contributed by atoms with van der Waals surface area (Å²) in [7, 11) is 1.39. The van der Waals surface area contributed by atoms with Crippen molar-refractivity contribution < 1.29 is 83.9 Å². The number of hydrogen-bond donors (Lipinski definition) is 9. The van der Waals surface area contributed by atoms with E-state index < -0.39 is 111 Å². The molecule has 9 N–H and O–H groups in total. The Hall–Kier alpha value is -0.970. The summed E-state index contributed by atoms with van der Waals surface area (Å²) in [5, 5.41) is 96.2. The predicted molar refractivity (Wildman–Crippen MR) is 195 cm³/mol. The van der Waals surface area contributed by atoms with Crippen LogP contribution >= 0.6 is 0 Å². The van der Waals surface area contributed by atoms with Crippen LogP contribution in [0.3, 0.4) is 0 Å². The number of rotatable bonds is 10. The standard InChI is InChI=1S/C40H66O17/c1-17(42)21-10-13-40(50)23-7-6-19-14-20(8-11-38(19,3)22(23)9-12-39(21,40)4)54-37-32(49)34(51-5)33(18(2)53-37)57-36-31(48)29(46)27(44)25(56-36)16-52-35-30(47)28(45)26(43)24(15-41)55-35/h18-37,41,43-50H,6-16H2,1-5H3. The molecule has 3 heterocycles. The van der Waals surface area contributed by atoms with Gasteiger partial charge < -0.3 is 79.1 Å². The van der Waals surface area contributed by atoms with Crippen LogP contribution in [-0.2, 0) is 38.0 Å². The number of aliphatic hydroxyl groups is 9. The Labute approximate surface area is 333 Å². The quantitative estimate of drug-likeness (QED) is 0.118. The van der Waals surface area contributed by atoms with E-state index in [1.165, 1.54) is 7.11 Å². The first-order valence-corrected chi connectivity index (χ1v) is 20.9. The second kappa shape index (κ2) is 16.7. The van der Waals surface area contributed by atoms with E-state index in [1.54, 1.807) is 13.8 Å². The molecule has 3 aliphatic heterocycles. The molecule has 17 heteroatoms. The molecule has 7 aliphatic rings. The molecule has 0 aromatic carbocycles. The largest absolute Gasteiger partial charge is 0.394 e. The van der Waals surface area contributed by atoms with Crippen molar-refractivity contribution in [2.24, 2.45) is 34.5 Å². The zero-order valence-corrected chi connectivity index (χ0v) is 33.6. The van der Waals surface area contributed by atoms with Gasteiger partial charge in [-0.2, -0.15) is 0 Å². The molecular formula is C40H66O17. The van der Waals surface area contributed by atoms with E-state index in [9.17, 15) is 50.8 Å². The fourth-order valence-corrected chi connectivity index (χ4v) is 12.4. The van der Waals surface area contributed by atoms with Gasteiger partial charge in [-0.3, -0.25) is 4.79 Å². The summed E-state index contributed by atoms with van der Waals surface area (Å²) in [6, 6.07) is 0. The molecule has 3 saturated heterocycles. The van der Waals surface area contributed by atoms with Gasteiger partial charge in [0, 0.05) is 18.4 Å². The Morgan fingerprint density at radius 3 is 2.02 bits per heavy atom. The highest BCUT2D eigenvalue weighted by Crippen LogP contribution is 2.69. The molecule has 4 saturated carbocycles. The molecule has 328 valence electrons. The molecule has 0 radical (unpaired) electrons. The van der Waals surface area contributed by atoms with Gasteiger partial charge in [0.05, 0.1) is 31.0 Å². The molecule has 57 heavy (non-hydrogen) atoms. The summed E-state index contributed by atoms with van der Waals surface area (Å²) < 4.78 is 41.2. The van der Waals surface area contributed by atoms with Crippen LogP contribution < -0.4 is 0 Å². The summed E-state index contributed by atoms with van der Waals surface area (Å²) in [6.45, 7) is 6.67. The first-order valence-electron chi connectivity index (χ1n) is 20.9. The Bertz CT molecular complexity index is 1410. The van der Waals surface area contributed by atoms with E-state index in [0.29, 0.717) is 18.3 Å². The monoisotopic (exact) mass is 818 g/mol. The van der Waals surface area contributed by atoms with Crippen molar-refractivity contribution in [3.63, 3.8) is 0 Å².